The zero-order valence-corrected chi connectivity index (χ0v) is 14.3. The highest BCUT2D eigenvalue weighted by Crippen LogP contribution is 2.28. The second-order valence-electron chi connectivity index (χ2n) is 6.54. The largest absolute Gasteiger partial charge is 0.393 e. The summed E-state index contributed by atoms with van der Waals surface area (Å²) in [6.07, 6.45) is 1.70. The van der Waals surface area contributed by atoms with Crippen LogP contribution in [-0.2, 0) is 0 Å². The number of aromatic nitrogens is 2. The normalized spacial score (nSPS) is 12.9. The van der Waals surface area contributed by atoms with Crippen LogP contribution in [0.4, 0.5) is 0 Å². The summed E-state index contributed by atoms with van der Waals surface area (Å²) in [5, 5.41) is 19.8. The number of nitrogens with one attached hydrogen (secondary N) is 2. The molecular weight excluding hydrogens is 314 g/mol. The Morgan fingerprint density at radius 2 is 2.13 bits per heavy atom. The Hall–Kier alpha value is -1.85. The van der Waals surface area contributed by atoms with Crippen molar-refractivity contribution in [2.24, 2.45) is 5.41 Å². The van der Waals surface area contributed by atoms with Crippen LogP contribution in [0.15, 0.2) is 30.5 Å². The Bertz CT molecular complexity index is 680. The summed E-state index contributed by atoms with van der Waals surface area (Å²) in [4.78, 5) is 12.5. The second kappa shape index (κ2) is 7.15. The lowest BCUT2D eigenvalue weighted by Crippen LogP contribution is -2.35. The van der Waals surface area contributed by atoms with Gasteiger partial charge in [-0.1, -0.05) is 43.6 Å². The topological polar surface area (TPSA) is 78.0 Å². The highest BCUT2D eigenvalue weighted by atomic mass is 35.5. The predicted octanol–water partition coefficient (Wildman–Crippen LogP) is 3.26. The predicted molar refractivity (Wildman–Crippen MR) is 91.4 cm³/mol. The fourth-order valence-electron chi connectivity index (χ4n) is 2.61. The molecule has 1 atom stereocenters. The van der Waals surface area contributed by atoms with Gasteiger partial charge in [0, 0.05) is 17.1 Å². The average molecular weight is 336 g/mol. The quantitative estimate of drug-likeness (QED) is 0.758. The number of aliphatic hydroxyl groups is 1. The lowest BCUT2D eigenvalue weighted by molar-refractivity contribution is 0.0902. The van der Waals surface area contributed by atoms with Crippen LogP contribution >= 0.6 is 11.6 Å². The van der Waals surface area contributed by atoms with Crippen LogP contribution in [0.5, 0.6) is 0 Å². The number of amides is 1. The van der Waals surface area contributed by atoms with E-state index in [9.17, 15) is 9.90 Å². The highest BCUT2D eigenvalue weighted by Gasteiger charge is 2.23. The Kier molecular flexibility index (Phi) is 5.44. The van der Waals surface area contributed by atoms with E-state index in [0.29, 0.717) is 29.2 Å². The van der Waals surface area contributed by atoms with Crippen molar-refractivity contribution in [1.82, 2.24) is 15.5 Å². The molecule has 1 aromatic carbocycles. The molecule has 23 heavy (non-hydrogen) atoms. The smallest absolute Gasteiger partial charge is 0.255 e. The van der Waals surface area contributed by atoms with Crippen molar-refractivity contribution in [1.29, 1.82) is 0 Å². The number of aromatic amines is 1. The zero-order chi connectivity index (χ0) is 17.0. The lowest BCUT2D eigenvalue weighted by Gasteiger charge is -2.26. The van der Waals surface area contributed by atoms with E-state index in [4.69, 9.17) is 11.6 Å². The van der Waals surface area contributed by atoms with Gasteiger partial charge in [0.15, 0.2) is 0 Å². The molecule has 1 amide bonds. The van der Waals surface area contributed by atoms with E-state index in [1.54, 1.807) is 13.0 Å². The minimum Gasteiger partial charge on any atom is -0.393 e. The summed E-state index contributed by atoms with van der Waals surface area (Å²) in [5.41, 5.74) is 1.59. The number of benzene rings is 1. The summed E-state index contributed by atoms with van der Waals surface area (Å²) in [6.45, 7) is 6.22. The molecule has 124 valence electrons. The van der Waals surface area contributed by atoms with Crippen LogP contribution < -0.4 is 5.32 Å². The highest BCUT2D eigenvalue weighted by molar-refractivity contribution is 6.33. The Morgan fingerprint density at radius 3 is 2.78 bits per heavy atom. The molecule has 3 N–H and O–H groups in total. The van der Waals surface area contributed by atoms with E-state index in [-0.39, 0.29) is 11.3 Å². The minimum absolute atomic E-state index is 0.196. The zero-order valence-electron chi connectivity index (χ0n) is 13.6. The van der Waals surface area contributed by atoms with Crippen LogP contribution in [-0.4, -0.2) is 33.9 Å². The van der Waals surface area contributed by atoms with Crippen molar-refractivity contribution in [3.8, 4) is 11.3 Å². The first-order valence-corrected chi connectivity index (χ1v) is 7.92. The van der Waals surface area contributed by atoms with Crippen LogP contribution in [0.3, 0.4) is 0 Å². The van der Waals surface area contributed by atoms with Crippen LogP contribution in [0.1, 0.15) is 37.6 Å². The third kappa shape index (κ3) is 4.56. The number of carbonyl (C=O) groups is 1. The van der Waals surface area contributed by atoms with Crippen molar-refractivity contribution in [2.75, 3.05) is 6.54 Å². The summed E-state index contributed by atoms with van der Waals surface area (Å²) in [5.74, 6) is -0.215. The molecule has 0 radical (unpaired) electrons. The van der Waals surface area contributed by atoms with Gasteiger partial charge in [0.2, 0.25) is 0 Å². The maximum atomic E-state index is 12.5. The summed E-state index contributed by atoms with van der Waals surface area (Å²) in [6, 6.07) is 7.30. The maximum Gasteiger partial charge on any atom is 0.255 e. The van der Waals surface area contributed by atoms with Gasteiger partial charge in [0.05, 0.1) is 23.6 Å². The van der Waals surface area contributed by atoms with Crippen molar-refractivity contribution in [3.63, 3.8) is 0 Å². The lowest BCUT2D eigenvalue weighted by atomic mass is 9.87. The molecule has 0 saturated heterocycles. The van der Waals surface area contributed by atoms with Crippen LogP contribution in [0, 0.1) is 5.41 Å². The fraction of sp³-hybridized carbons (Fsp3) is 0.412. The summed E-state index contributed by atoms with van der Waals surface area (Å²) >= 11 is 6.19. The van der Waals surface area contributed by atoms with Gasteiger partial charge in [-0.2, -0.15) is 5.10 Å². The van der Waals surface area contributed by atoms with E-state index in [0.717, 1.165) is 5.56 Å². The fourth-order valence-corrected chi connectivity index (χ4v) is 2.84. The first kappa shape index (κ1) is 17.5. The molecule has 2 rings (SSSR count). The number of rotatable bonds is 6. The van der Waals surface area contributed by atoms with Gasteiger partial charge in [-0.05, 0) is 24.8 Å². The molecule has 0 aliphatic rings. The Morgan fingerprint density at radius 1 is 1.43 bits per heavy atom. The number of hydrogen-bond acceptors (Lipinski definition) is 3. The van der Waals surface area contributed by atoms with Gasteiger partial charge in [0.1, 0.15) is 0 Å². The molecule has 0 bridgehead atoms. The molecular formula is C17H22ClN3O2. The van der Waals surface area contributed by atoms with Gasteiger partial charge < -0.3 is 10.4 Å². The molecule has 0 aliphatic carbocycles. The van der Waals surface area contributed by atoms with E-state index >= 15 is 0 Å². The molecule has 2 aromatic rings. The van der Waals surface area contributed by atoms with Gasteiger partial charge in [-0.15, -0.1) is 0 Å². The molecule has 0 spiro atoms. The van der Waals surface area contributed by atoms with Gasteiger partial charge in [-0.3, -0.25) is 9.89 Å². The van der Waals surface area contributed by atoms with Gasteiger partial charge in [-0.25, -0.2) is 0 Å². The first-order chi connectivity index (χ1) is 10.8. The molecule has 0 fully saturated rings. The Labute approximate surface area is 141 Å². The van der Waals surface area contributed by atoms with E-state index < -0.39 is 6.10 Å². The third-order valence-corrected chi connectivity index (χ3v) is 3.93. The Balaban J connectivity index is 2.13. The van der Waals surface area contributed by atoms with E-state index in [1.807, 2.05) is 32.0 Å². The molecule has 5 nitrogen and oxygen atoms in total. The summed E-state index contributed by atoms with van der Waals surface area (Å²) < 4.78 is 0. The van der Waals surface area contributed by atoms with Crippen molar-refractivity contribution in [2.45, 2.75) is 33.3 Å². The monoisotopic (exact) mass is 335 g/mol. The molecule has 1 aromatic heterocycles. The van der Waals surface area contributed by atoms with E-state index in [1.165, 1.54) is 6.20 Å². The first-order valence-electron chi connectivity index (χ1n) is 7.55. The minimum atomic E-state index is -0.408. The number of hydrogen-bond donors (Lipinski definition) is 3. The summed E-state index contributed by atoms with van der Waals surface area (Å²) in [7, 11) is 0. The number of halogens is 1. The molecule has 1 unspecified atom stereocenters. The van der Waals surface area contributed by atoms with Crippen molar-refractivity contribution >= 4 is 17.5 Å². The number of H-pyrrole nitrogens is 1. The van der Waals surface area contributed by atoms with Crippen molar-refractivity contribution < 1.29 is 9.90 Å². The van der Waals surface area contributed by atoms with Gasteiger partial charge in [0.25, 0.3) is 5.91 Å². The molecule has 0 aliphatic heterocycles. The third-order valence-electron chi connectivity index (χ3n) is 3.60. The standard InChI is InChI=1S/C17H22ClN3O2/c1-11(22)8-17(2,3)10-19-16(23)13-9-20-21-15(13)12-6-4-5-7-14(12)18/h4-7,9,11,22H,8,10H2,1-3H3,(H,19,23)(H,20,21). The van der Waals surface area contributed by atoms with Crippen LogP contribution in [0.2, 0.25) is 5.02 Å². The number of carbonyl (C=O) groups excluding carboxylic acids is 1. The maximum absolute atomic E-state index is 12.5. The second-order valence-corrected chi connectivity index (χ2v) is 6.95. The van der Waals surface area contributed by atoms with E-state index in [2.05, 4.69) is 15.5 Å². The molecule has 0 saturated carbocycles. The molecule has 1 heterocycles. The van der Waals surface area contributed by atoms with Crippen LogP contribution in [0.25, 0.3) is 11.3 Å². The average Bonchev–Trinajstić information content (AvgIpc) is 2.93. The molecule has 6 heteroatoms. The van der Waals surface area contributed by atoms with Gasteiger partial charge >= 0.3 is 0 Å². The number of nitrogens with zero attached hydrogens (tertiary/aromatic N) is 1. The number of aliphatic hydroxyl groups excluding tert-OH is 1. The van der Waals surface area contributed by atoms with Crippen molar-refractivity contribution in [3.05, 3.63) is 41.0 Å². The SMILES string of the molecule is CC(O)CC(C)(C)CNC(=O)c1cn[nH]c1-c1ccccc1Cl.